The second-order valence-corrected chi connectivity index (χ2v) is 11.7. The van der Waals surface area contributed by atoms with E-state index in [0.717, 1.165) is 44.3 Å². The number of aromatic nitrogens is 2. The quantitative estimate of drug-likeness (QED) is 0.406. The Balaban J connectivity index is 0.00000370. The summed E-state index contributed by atoms with van der Waals surface area (Å²) >= 11 is 0. The number of anilines is 1. The van der Waals surface area contributed by atoms with E-state index in [1.165, 1.54) is 15.7 Å². The maximum Gasteiger partial charge on any atom is 0.354 e. The fourth-order valence-electron chi connectivity index (χ4n) is 5.81. The van der Waals surface area contributed by atoms with Crippen LogP contribution < -0.4 is 27.8 Å². The van der Waals surface area contributed by atoms with Crippen LogP contribution in [0, 0.1) is 5.92 Å². The summed E-state index contributed by atoms with van der Waals surface area (Å²) in [5.41, 5.74) is 13.6. The van der Waals surface area contributed by atoms with Crippen LogP contribution in [0.5, 0.6) is 0 Å². The second-order valence-electron chi connectivity index (χ2n) is 11.7. The van der Waals surface area contributed by atoms with Crippen molar-refractivity contribution in [3.8, 4) is 5.69 Å². The molecule has 6 N–H and O–H groups in total. The molecule has 218 valence electrons. The minimum atomic E-state index is -0.945. The molecule has 2 heterocycles. The van der Waals surface area contributed by atoms with Gasteiger partial charge in [0.2, 0.25) is 5.91 Å². The Kier molecular flexibility index (Phi) is 9.19. The molecule has 0 spiro atoms. The Morgan fingerprint density at radius 3 is 2.40 bits per heavy atom. The van der Waals surface area contributed by atoms with Crippen LogP contribution in [-0.4, -0.2) is 81.6 Å². The first-order chi connectivity index (χ1) is 18.6. The topological polar surface area (TPSA) is 152 Å². The van der Waals surface area contributed by atoms with E-state index < -0.39 is 11.2 Å². The fourth-order valence-corrected chi connectivity index (χ4v) is 5.81. The van der Waals surface area contributed by atoms with Gasteiger partial charge in [-0.25, -0.2) is 9.59 Å². The highest BCUT2D eigenvalue weighted by molar-refractivity contribution is 5.89. The standard InChI is InChI=1S/C28H40N8O3.ClH/c1-28(2,30)25(37)34-9-11-35(12-10-34)26(38)32-24-7-8-36(27(39)33-24)23-6-4-19-3-5-21(15-20(19)16-23)31-22-13-18(14-22)17-29;/h4,6-8,16,18,21-22,31H,3,5,9-15,17,29-30H2,1-2H3,(H,32,33,38,39);1H. The molecule has 1 atom stereocenters. The third-order valence-corrected chi connectivity index (χ3v) is 8.18. The van der Waals surface area contributed by atoms with E-state index in [1.54, 1.807) is 35.9 Å². The van der Waals surface area contributed by atoms with Crippen LogP contribution in [0.15, 0.2) is 35.3 Å². The number of carbonyl (C=O) groups is 2. The first-order valence-electron chi connectivity index (χ1n) is 13.9. The molecule has 12 heteroatoms. The molecule has 0 radical (unpaired) electrons. The van der Waals surface area contributed by atoms with E-state index >= 15 is 0 Å². The van der Waals surface area contributed by atoms with Gasteiger partial charge in [0.15, 0.2) is 0 Å². The zero-order valence-electron chi connectivity index (χ0n) is 23.3. The van der Waals surface area contributed by atoms with Gasteiger partial charge in [-0.2, -0.15) is 4.98 Å². The van der Waals surface area contributed by atoms with E-state index in [4.69, 9.17) is 11.5 Å². The zero-order valence-corrected chi connectivity index (χ0v) is 24.1. The Hall–Kier alpha value is -2.99. The highest BCUT2D eigenvalue weighted by Crippen LogP contribution is 2.29. The normalized spacial score (nSPS) is 22.6. The number of nitrogens with zero attached hydrogens (tertiary/aromatic N) is 4. The molecule has 1 aliphatic heterocycles. The molecule has 5 rings (SSSR count). The second kappa shape index (κ2) is 12.3. The molecule has 1 aromatic heterocycles. The molecule has 1 saturated heterocycles. The molecule has 1 unspecified atom stereocenters. The van der Waals surface area contributed by atoms with Crippen molar-refractivity contribution in [3.63, 3.8) is 0 Å². The van der Waals surface area contributed by atoms with Crippen LogP contribution >= 0.6 is 12.4 Å². The number of fused-ring (bicyclic) bond motifs is 1. The summed E-state index contributed by atoms with van der Waals surface area (Å²) in [6, 6.07) is 8.41. The minimum absolute atomic E-state index is 0. The molecule has 3 amide bonds. The number of piperazine rings is 1. The number of amides is 3. The lowest BCUT2D eigenvalue weighted by atomic mass is 9.79. The Morgan fingerprint density at radius 2 is 1.75 bits per heavy atom. The van der Waals surface area contributed by atoms with Gasteiger partial charge in [-0.3, -0.25) is 14.7 Å². The highest BCUT2D eigenvalue weighted by atomic mass is 35.5. The molecule has 1 aromatic carbocycles. The number of benzene rings is 1. The van der Waals surface area contributed by atoms with Gasteiger partial charge in [-0.15, -0.1) is 12.4 Å². The predicted molar refractivity (Wildman–Crippen MR) is 157 cm³/mol. The number of nitrogens with two attached hydrogens (primary N) is 2. The van der Waals surface area contributed by atoms with Crippen molar-refractivity contribution in [1.82, 2.24) is 24.7 Å². The molecule has 1 saturated carbocycles. The van der Waals surface area contributed by atoms with Gasteiger partial charge in [0.25, 0.3) is 0 Å². The van der Waals surface area contributed by atoms with Crippen LogP contribution in [0.25, 0.3) is 5.69 Å². The van der Waals surface area contributed by atoms with E-state index in [-0.39, 0.29) is 30.2 Å². The largest absolute Gasteiger partial charge is 0.354 e. The summed E-state index contributed by atoms with van der Waals surface area (Å²) in [6.45, 7) is 5.70. The lowest BCUT2D eigenvalue weighted by Crippen LogP contribution is -2.58. The average Bonchev–Trinajstić information content (AvgIpc) is 2.89. The van der Waals surface area contributed by atoms with Crippen molar-refractivity contribution in [3.05, 3.63) is 52.1 Å². The van der Waals surface area contributed by atoms with Crippen molar-refractivity contribution in [2.75, 3.05) is 38.0 Å². The van der Waals surface area contributed by atoms with E-state index in [0.29, 0.717) is 44.2 Å². The average molecular weight is 573 g/mol. The molecule has 40 heavy (non-hydrogen) atoms. The van der Waals surface area contributed by atoms with Crippen molar-refractivity contribution in [2.45, 2.75) is 63.6 Å². The summed E-state index contributed by atoms with van der Waals surface area (Å²) in [6.07, 6.45) is 7.03. The van der Waals surface area contributed by atoms with Gasteiger partial charge in [-0.1, -0.05) is 6.07 Å². The summed E-state index contributed by atoms with van der Waals surface area (Å²) in [5.74, 6) is 0.712. The van der Waals surface area contributed by atoms with Gasteiger partial charge < -0.3 is 26.6 Å². The first-order valence-corrected chi connectivity index (χ1v) is 13.9. The number of carbonyl (C=O) groups excluding carboxylic acids is 2. The highest BCUT2D eigenvalue weighted by Gasteiger charge is 2.32. The van der Waals surface area contributed by atoms with Crippen molar-refractivity contribution < 1.29 is 9.59 Å². The van der Waals surface area contributed by atoms with Crippen LogP contribution in [0.2, 0.25) is 0 Å². The molecule has 3 aliphatic rings. The number of halogens is 1. The number of aryl methyl sites for hydroxylation is 1. The Labute approximate surface area is 241 Å². The molecular weight excluding hydrogens is 532 g/mol. The number of hydrogen-bond donors (Lipinski definition) is 4. The first kappa shape index (κ1) is 30.0. The summed E-state index contributed by atoms with van der Waals surface area (Å²) in [7, 11) is 0. The SMILES string of the molecule is CC(C)(N)C(=O)N1CCN(C(=O)Nc2ccn(-c3ccc4c(c3)CC(NC3CC(CN)C3)CC4)c(=O)n2)CC1.Cl. The lowest BCUT2D eigenvalue weighted by molar-refractivity contribution is -0.137. The molecular formula is C28H41ClN8O3. The smallest absolute Gasteiger partial charge is 0.338 e. The Morgan fingerprint density at radius 1 is 1.05 bits per heavy atom. The van der Waals surface area contributed by atoms with E-state index in [2.05, 4.69) is 27.8 Å². The zero-order chi connectivity index (χ0) is 27.7. The van der Waals surface area contributed by atoms with Gasteiger partial charge in [0, 0.05) is 44.5 Å². The minimum Gasteiger partial charge on any atom is -0.338 e. The van der Waals surface area contributed by atoms with Crippen molar-refractivity contribution in [2.24, 2.45) is 17.4 Å². The maximum absolute atomic E-state index is 12.9. The third-order valence-electron chi connectivity index (χ3n) is 8.18. The van der Waals surface area contributed by atoms with Crippen LogP contribution in [0.1, 0.15) is 44.2 Å². The van der Waals surface area contributed by atoms with Crippen LogP contribution in [0.3, 0.4) is 0 Å². The van der Waals surface area contributed by atoms with Crippen LogP contribution in [0.4, 0.5) is 10.6 Å². The molecule has 2 aliphatic carbocycles. The lowest BCUT2D eigenvalue weighted by Gasteiger charge is -2.39. The van der Waals surface area contributed by atoms with Crippen LogP contribution in [-0.2, 0) is 17.6 Å². The predicted octanol–water partition coefficient (Wildman–Crippen LogP) is 1.25. The number of nitrogens with one attached hydrogen (secondary N) is 2. The monoisotopic (exact) mass is 572 g/mol. The van der Waals surface area contributed by atoms with E-state index in [1.807, 2.05) is 6.07 Å². The molecule has 2 fully saturated rings. The number of urea groups is 1. The van der Waals surface area contributed by atoms with Crippen molar-refractivity contribution in [1.29, 1.82) is 0 Å². The summed E-state index contributed by atoms with van der Waals surface area (Å²) in [5, 5.41) is 6.51. The summed E-state index contributed by atoms with van der Waals surface area (Å²) < 4.78 is 1.50. The fraction of sp³-hybridized carbons (Fsp3) is 0.571. The van der Waals surface area contributed by atoms with E-state index in [9.17, 15) is 14.4 Å². The van der Waals surface area contributed by atoms with Gasteiger partial charge in [-0.05, 0) is 87.7 Å². The molecule has 11 nitrogen and oxygen atoms in total. The number of rotatable bonds is 6. The molecule has 0 bridgehead atoms. The maximum atomic E-state index is 12.9. The van der Waals surface area contributed by atoms with Gasteiger partial charge >= 0.3 is 11.7 Å². The number of hydrogen-bond acceptors (Lipinski definition) is 7. The van der Waals surface area contributed by atoms with Crippen molar-refractivity contribution >= 4 is 30.2 Å². The van der Waals surface area contributed by atoms with Gasteiger partial charge in [0.05, 0.1) is 11.2 Å². The third kappa shape index (κ3) is 6.65. The summed E-state index contributed by atoms with van der Waals surface area (Å²) in [4.78, 5) is 45.4. The molecule has 2 aromatic rings. The van der Waals surface area contributed by atoms with Gasteiger partial charge in [0.1, 0.15) is 5.82 Å². The Bertz CT molecular complexity index is 1280.